The third kappa shape index (κ3) is 3.21. The number of carbonyl (C=O) groups is 1. The van der Waals surface area contributed by atoms with Crippen molar-refractivity contribution >= 4 is 16.8 Å². The van der Waals surface area contributed by atoms with Gasteiger partial charge in [0.25, 0.3) is 5.91 Å². The smallest absolute Gasteiger partial charge is 0.253 e. The van der Waals surface area contributed by atoms with Gasteiger partial charge in [0, 0.05) is 24.9 Å². The Balaban J connectivity index is 1.83. The predicted octanol–water partition coefficient (Wildman–Crippen LogP) is 1.86. The summed E-state index contributed by atoms with van der Waals surface area (Å²) in [6.07, 6.45) is 1.62. The van der Waals surface area contributed by atoms with Gasteiger partial charge in [0.05, 0.1) is 18.2 Å². The zero-order chi connectivity index (χ0) is 16.2. The number of rotatable bonds is 4. The van der Waals surface area contributed by atoms with Crippen LogP contribution in [0.1, 0.15) is 15.9 Å². The van der Waals surface area contributed by atoms with Crippen molar-refractivity contribution in [3.63, 3.8) is 0 Å². The molecule has 3 rings (SSSR count). The van der Waals surface area contributed by atoms with E-state index < -0.39 is 0 Å². The normalized spacial score (nSPS) is 10.5. The number of aromatic nitrogens is 2. The lowest BCUT2D eigenvalue weighted by atomic mass is 10.1. The Labute approximate surface area is 132 Å². The molecule has 0 aliphatic heterocycles. The van der Waals surface area contributed by atoms with E-state index in [4.69, 9.17) is 4.74 Å². The lowest BCUT2D eigenvalue weighted by molar-refractivity contribution is 0.0952. The zero-order valence-electron chi connectivity index (χ0n) is 12.5. The summed E-state index contributed by atoms with van der Waals surface area (Å²) in [6, 6.07) is 12.0. The van der Waals surface area contributed by atoms with E-state index in [0.717, 1.165) is 10.9 Å². The predicted molar refractivity (Wildman–Crippen MR) is 86.5 cm³/mol. The van der Waals surface area contributed by atoms with Crippen LogP contribution in [-0.2, 0) is 6.54 Å². The van der Waals surface area contributed by atoms with Gasteiger partial charge in [-0.1, -0.05) is 12.1 Å². The second-order valence-corrected chi connectivity index (χ2v) is 4.98. The molecule has 23 heavy (non-hydrogen) atoms. The molecule has 0 aliphatic carbocycles. The summed E-state index contributed by atoms with van der Waals surface area (Å²) >= 11 is 0. The molecule has 2 heterocycles. The number of aromatic amines is 1. The van der Waals surface area contributed by atoms with Crippen molar-refractivity contribution in [1.82, 2.24) is 15.3 Å². The molecular weight excluding hydrogens is 294 g/mol. The molecule has 6 nitrogen and oxygen atoms in total. The van der Waals surface area contributed by atoms with Crippen LogP contribution in [0.15, 0.2) is 53.5 Å². The molecule has 116 valence electrons. The van der Waals surface area contributed by atoms with Crippen LogP contribution in [0.25, 0.3) is 10.9 Å². The van der Waals surface area contributed by atoms with Crippen molar-refractivity contribution in [2.75, 3.05) is 7.11 Å². The Morgan fingerprint density at radius 1 is 1.26 bits per heavy atom. The first-order valence-electron chi connectivity index (χ1n) is 7.06. The van der Waals surface area contributed by atoms with Gasteiger partial charge >= 0.3 is 0 Å². The van der Waals surface area contributed by atoms with Crippen molar-refractivity contribution in [3.05, 3.63) is 70.1 Å². The average molecular weight is 309 g/mol. The lowest BCUT2D eigenvalue weighted by Gasteiger charge is -2.08. The minimum Gasteiger partial charge on any atom is -0.481 e. The van der Waals surface area contributed by atoms with Crippen LogP contribution in [0, 0.1) is 0 Å². The van der Waals surface area contributed by atoms with Crippen LogP contribution in [0.2, 0.25) is 0 Å². The largest absolute Gasteiger partial charge is 0.481 e. The number of para-hydroxylation sites is 1. The second kappa shape index (κ2) is 6.31. The number of carbonyl (C=O) groups excluding carboxylic acids is 1. The van der Waals surface area contributed by atoms with E-state index in [1.54, 1.807) is 36.5 Å². The summed E-state index contributed by atoms with van der Waals surface area (Å²) in [6.45, 7) is 0.338. The van der Waals surface area contributed by atoms with Gasteiger partial charge in [0.15, 0.2) is 0 Å². The average Bonchev–Trinajstić information content (AvgIpc) is 2.59. The fourth-order valence-electron chi connectivity index (χ4n) is 2.32. The van der Waals surface area contributed by atoms with Gasteiger partial charge in [-0.25, -0.2) is 4.98 Å². The number of benzene rings is 1. The van der Waals surface area contributed by atoms with Gasteiger partial charge in [-0.3, -0.25) is 9.59 Å². The van der Waals surface area contributed by atoms with E-state index in [2.05, 4.69) is 15.3 Å². The summed E-state index contributed by atoms with van der Waals surface area (Å²) in [7, 11) is 1.54. The minimum atomic E-state index is -0.256. The SMILES string of the molecule is COc1cc(CNC(=O)c2cccc3ccc(=O)[nH]c23)ccn1. The molecule has 2 aromatic heterocycles. The number of nitrogens with one attached hydrogen (secondary N) is 2. The van der Waals surface area contributed by atoms with Crippen molar-refractivity contribution in [1.29, 1.82) is 0 Å². The van der Waals surface area contributed by atoms with Crippen LogP contribution in [0.5, 0.6) is 5.88 Å². The Morgan fingerprint density at radius 3 is 2.96 bits per heavy atom. The van der Waals surface area contributed by atoms with E-state index in [0.29, 0.717) is 23.5 Å². The van der Waals surface area contributed by atoms with E-state index in [-0.39, 0.29) is 11.5 Å². The van der Waals surface area contributed by atoms with Gasteiger partial charge in [-0.2, -0.15) is 0 Å². The molecule has 2 N–H and O–H groups in total. The molecule has 6 heteroatoms. The first-order chi connectivity index (χ1) is 11.2. The maximum Gasteiger partial charge on any atom is 0.253 e. The Morgan fingerprint density at radius 2 is 2.13 bits per heavy atom. The number of hydrogen-bond acceptors (Lipinski definition) is 4. The molecule has 0 fully saturated rings. The Bertz CT molecular complexity index is 918. The molecule has 0 saturated carbocycles. The lowest BCUT2D eigenvalue weighted by Crippen LogP contribution is -2.23. The number of H-pyrrole nitrogens is 1. The van der Waals surface area contributed by atoms with Gasteiger partial charge < -0.3 is 15.0 Å². The van der Waals surface area contributed by atoms with Crippen LogP contribution in [-0.4, -0.2) is 23.0 Å². The monoisotopic (exact) mass is 309 g/mol. The highest BCUT2D eigenvalue weighted by molar-refractivity contribution is 6.05. The van der Waals surface area contributed by atoms with Crippen LogP contribution in [0.3, 0.4) is 0 Å². The van der Waals surface area contributed by atoms with Crippen molar-refractivity contribution in [2.45, 2.75) is 6.54 Å². The number of hydrogen-bond donors (Lipinski definition) is 2. The Hall–Kier alpha value is -3.15. The standard InChI is InChI=1S/C17H15N3O3/c1-23-15-9-11(7-8-18-15)10-19-17(22)13-4-2-3-12-5-6-14(21)20-16(12)13/h2-9H,10H2,1H3,(H,19,22)(H,20,21). The first kappa shape index (κ1) is 14.8. The molecule has 0 bridgehead atoms. The van der Waals surface area contributed by atoms with E-state index in [1.165, 1.54) is 13.2 Å². The molecule has 0 atom stereocenters. The summed E-state index contributed by atoms with van der Waals surface area (Å²) in [5.41, 5.74) is 1.60. The first-order valence-corrected chi connectivity index (χ1v) is 7.06. The number of fused-ring (bicyclic) bond motifs is 1. The highest BCUT2D eigenvalue weighted by Crippen LogP contribution is 2.15. The van der Waals surface area contributed by atoms with Crippen molar-refractivity contribution in [3.8, 4) is 5.88 Å². The maximum atomic E-state index is 12.4. The van der Waals surface area contributed by atoms with Gasteiger partial charge in [-0.15, -0.1) is 0 Å². The molecule has 0 spiro atoms. The van der Waals surface area contributed by atoms with Crippen LogP contribution >= 0.6 is 0 Å². The van der Waals surface area contributed by atoms with Gasteiger partial charge in [0.2, 0.25) is 11.4 Å². The molecule has 1 amide bonds. The molecule has 3 aromatic rings. The summed E-state index contributed by atoms with van der Waals surface area (Å²) in [5, 5.41) is 3.64. The minimum absolute atomic E-state index is 0.239. The van der Waals surface area contributed by atoms with Crippen LogP contribution < -0.4 is 15.6 Å². The van der Waals surface area contributed by atoms with E-state index in [9.17, 15) is 9.59 Å². The number of ether oxygens (including phenoxy) is 1. The zero-order valence-corrected chi connectivity index (χ0v) is 12.5. The summed E-state index contributed by atoms with van der Waals surface area (Å²) in [5.74, 6) is 0.236. The molecule has 0 saturated heterocycles. The highest BCUT2D eigenvalue weighted by atomic mass is 16.5. The van der Waals surface area contributed by atoms with Crippen molar-refractivity contribution < 1.29 is 9.53 Å². The molecule has 0 unspecified atom stereocenters. The topological polar surface area (TPSA) is 84.1 Å². The molecular formula is C17H15N3O3. The van der Waals surface area contributed by atoms with Crippen LogP contribution in [0.4, 0.5) is 0 Å². The number of nitrogens with zero attached hydrogens (tertiary/aromatic N) is 1. The quantitative estimate of drug-likeness (QED) is 0.770. The number of pyridine rings is 2. The molecule has 0 aliphatic rings. The fraction of sp³-hybridized carbons (Fsp3) is 0.118. The van der Waals surface area contributed by atoms with E-state index >= 15 is 0 Å². The fourth-order valence-corrected chi connectivity index (χ4v) is 2.32. The number of amides is 1. The van der Waals surface area contributed by atoms with Gasteiger partial charge in [0.1, 0.15) is 0 Å². The van der Waals surface area contributed by atoms with Gasteiger partial charge in [-0.05, 0) is 29.1 Å². The number of methoxy groups -OCH3 is 1. The summed E-state index contributed by atoms with van der Waals surface area (Å²) < 4.78 is 5.05. The summed E-state index contributed by atoms with van der Waals surface area (Å²) in [4.78, 5) is 30.6. The Kier molecular flexibility index (Phi) is 4.05. The molecule has 0 radical (unpaired) electrons. The maximum absolute atomic E-state index is 12.4. The highest BCUT2D eigenvalue weighted by Gasteiger charge is 2.10. The third-order valence-corrected chi connectivity index (χ3v) is 3.47. The molecule has 1 aromatic carbocycles. The van der Waals surface area contributed by atoms with E-state index in [1.807, 2.05) is 6.07 Å². The second-order valence-electron chi connectivity index (χ2n) is 4.98. The third-order valence-electron chi connectivity index (χ3n) is 3.47. The van der Waals surface area contributed by atoms with Crippen molar-refractivity contribution in [2.24, 2.45) is 0 Å².